The van der Waals surface area contributed by atoms with E-state index < -0.39 is 0 Å². The molecule has 0 fully saturated rings. The van der Waals surface area contributed by atoms with Crippen molar-refractivity contribution in [3.8, 4) is 22.6 Å². The van der Waals surface area contributed by atoms with Crippen LogP contribution >= 0.6 is 23.5 Å². The maximum atomic E-state index is 13.3. The van der Waals surface area contributed by atoms with Crippen LogP contribution in [0.25, 0.3) is 22.6 Å². The summed E-state index contributed by atoms with van der Waals surface area (Å²) in [5.41, 5.74) is 2.53. The molecule has 3 rings (SSSR count). The van der Waals surface area contributed by atoms with Gasteiger partial charge in [-0.05, 0) is 42.7 Å². The number of benzene rings is 2. The molecular formula is C21H22FN3O2S2. The predicted molar refractivity (Wildman–Crippen MR) is 117 cm³/mol. The van der Waals surface area contributed by atoms with Crippen LogP contribution in [0, 0.1) is 5.82 Å². The Morgan fingerprint density at radius 2 is 1.83 bits per heavy atom. The SMILES string of the molecule is COCCNC(=O)CSc1nc(-c2ccc(SC)cc2)[nH]c1-c1ccc(F)cc1. The van der Waals surface area contributed by atoms with E-state index in [1.807, 2.05) is 30.5 Å². The number of ether oxygens (including phenoxy) is 1. The van der Waals surface area contributed by atoms with Gasteiger partial charge in [0.1, 0.15) is 16.7 Å². The minimum atomic E-state index is -0.298. The summed E-state index contributed by atoms with van der Waals surface area (Å²) in [5, 5.41) is 3.49. The van der Waals surface area contributed by atoms with Gasteiger partial charge in [-0.1, -0.05) is 23.9 Å². The normalized spacial score (nSPS) is 10.9. The van der Waals surface area contributed by atoms with E-state index in [0.717, 1.165) is 16.8 Å². The fraction of sp³-hybridized carbons (Fsp3) is 0.238. The van der Waals surface area contributed by atoms with Gasteiger partial charge < -0.3 is 15.0 Å². The van der Waals surface area contributed by atoms with E-state index in [9.17, 15) is 9.18 Å². The number of hydrogen-bond acceptors (Lipinski definition) is 5. The number of carbonyl (C=O) groups is 1. The minimum Gasteiger partial charge on any atom is -0.383 e. The van der Waals surface area contributed by atoms with Gasteiger partial charge in [0.2, 0.25) is 5.91 Å². The Kier molecular flexibility index (Phi) is 7.74. The van der Waals surface area contributed by atoms with Crippen LogP contribution in [0.5, 0.6) is 0 Å². The Morgan fingerprint density at radius 1 is 1.14 bits per heavy atom. The van der Waals surface area contributed by atoms with Crippen molar-refractivity contribution in [2.45, 2.75) is 9.92 Å². The number of methoxy groups -OCH3 is 1. The lowest BCUT2D eigenvalue weighted by Gasteiger charge is -2.05. The molecule has 5 nitrogen and oxygen atoms in total. The fourth-order valence-corrected chi connectivity index (χ4v) is 3.88. The van der Waals surface area contributed by atoms with Crippen molar-refractivity contribution in [1.29, 1.82) is 0 Å². The zero-order chi connectivity index (χ0) is 20.6. The molecule has 0 spiro atoms. The number of nitrogens with one attached hydrogen (secondary N) is 2. The fourth-order valence-electron chi connectivity index (χ4n) is 2.64. The number of H-pyrrole nitrogens is 1. The Bertz CT molecular complexity index is 944. The number of aromatic nitrogens is 2. The Morgan fingerprint density at radius 3 is 2.48 bits per heavy atom. The third-order valence-corrected chi connectivity index (χ3v) is 5.85. The third kappa shape index (κ3) is 5.85. The molecule has 0 radical (unpaired) electrons. The molecule has 3 aromatic rings. The maximum absolute atomic E-state index is 13.3. The number of hydrogen-bond donors (Lipinski definition) is 2. The molecule has 29 heavy (non-hydrogen) atoms. The first-order valence-electron chi connectivity index (χ1n) is 8.99. The number of nitrogens with zero attached hydrogens (tertiary/aromatic N) is 1. The molecule has 2 N–H and O–H groups in total. The van der Waals surface area contributed by atoms with E-state index in [2.05, 4.69) is 10.3 Å². The van der Waals surface area contributed by atoms with E-state index in [1.165, 1.54) is 28.8 Å². The van der Waals surface area contributed by atoms with Crippen LogP contribution in [0.3, 0.4) is 0 Å². The van der Waals surface area contributed by atoms with Crippen LogP contribution in [0.1, 0.15) is 0 Å². The number of rotatable bonds is 9. The van der Waals surface area contributed by atoms with Gasteiger partial charge in [0.25, 0.3) is 0 Å². The molecule has 0 atom stereocenters. The average molecular weight is 432 g/mol. The van der Waals surface area contributed by atoms with Gasteiger partial charge in [0, 0.05) is 29.7 Å². The molecule has 0 saturated carbocycles. The molecule has 1 heterocycles. The van der Waals surface area contributed by atoms with E-state index in [1.54, 1.807) is 31.0 Å². The topological polar surface area (TPSA) is 67.0 Å². The molecule has 8 heteroatoms. The monoisotopic (exact) mass is 431 g/mol. The van der Waals surface area contributed by atoms with Crippen molar-refractivity contribution in [2.24, 2.45) is 0 Å². The highest BCUT2D eigenvalue weighted by Crippen LogP contribution is 2.33. The first kappa shape index (κ1) is 21.4. The maximum Gasteiger partial charge on any atom is 0.230 e. The van der Waals surface area contributed by atoms with E-state index in [0.29, 0.717) is 24.0 Å². The molecule has 1 amide bonds. The second kappa shape index (κ2) is 10.5. The summed E-state index contributed by atoms with van der Waals surface area (Å²) in [7, 11) is 1.59. The first-order chi connectivity index (χ1) is 14.1. The van der Waals surface area contributed by atoms with Crippen LogP contribution in [0.4, 0.5) is 4.39 Å². The number of halogens is 1. The van der Waals surface area contributed by atoms with Crippen molar-refractivity contribution in [3.05, 3.63) is 54.3 Å². The number of aromatic amines is 1. The summed E-state index contributed by atoms with van der Waals surface area (Å²) in [6.45, 7) is 0.935. The number of carbonyl (C=O) groups excluding carboxylic acids is 1. The van der Waals surface area contributed by atoms with Gasteiger partial charge in [-0.3, -0.25) is 4.79 Å². The molecular weight excluding hydrogens is 409 g/mol. The standard InChI is InChI=1S/C21H22FN3O2S2/c1-27-12-11-23-18(26)13-29-21-19(14-3-7-16(22)8-4-14)24-20(25-21)15-5-9-17(28-2)10-6-15/h3-10H,11-13H2,1-2H3,(H,23,26)(H,24,25). The van der Waals surface area contributed by atoms with Crippen molar-refractivity contribution in [3.63, 3.8) is 0 Å². The molecule has 0 saturated heterocycles. The molecule has 0 aliphatic rings. The highest BCUT2D eigenvalue weighted by atomic mass is 32.2. The van der Waals surface area contributed by atoms with Gasteiger partial charge in [-0.2, -0.15) is 0 Å². The largest absolute Gasteiger partial charge is 0.383 e. The van der Waals surface area contributed by atoms with Crippen molar-refractivity contribution >= 4 is 29.4 Å². The smallest absolute Gasteiger partial charge is 0.230 e. The van der Waals surface area contributed by atoms with E-state index in [-0.39, 0.29) is 17.5 Å². The van der Waals surface area contributed by atoms with Crippen molar-refractivity contribution < 1.29 is 13.9 Å². The molecule has 2 aromatic carbocycles. The number of amides is 1. The summed E-state index contributed by atoms with van der Waals surface area (Å²) in [5.74, 6) is 0.547. The van der Waals surface area contributed by atoms with E-state index in [4.69, 9.17) is 9.72 Å². The summed E-state index contributed by atoms with van der Waals surface area (Å²) >= 11 is 3.02. The van der Waals surface area contributed by atoms with E-state index >= 15 is 0 Å². The van der Waals surface area contributed by atoms with Crippen LogP contribution in [0.2, 0.25) is 0 Å². The summed E-state index contributed by atoms with van der Waals surface area (Å²) < 4.78 is 18.3. The Labute approximate surface area is 177 Å². The predicted octanol–water partition coefficient (Wildman–Crippen LogP) is 4.46. The Balaban J connectivity index is 1.84. The van der Waals surface area contributed by atoms with Crippen LogP contribution < -0.4 is 5.32 Å². The average Bonchev–Trinajstić information content (AvgIpc) is 3.17. The van der Waals surface area contributed by atoms with Crippen molar-refractivity contribution in [1.82, 2.24) is 15.3 Å². The molecule has 0 aliphatic carbocycles. The molecule has 152 valence electrons. The molecule has 0 unspecified atom stereocenters. The number of imidazole rings is 1. The summed E-state index contributed by atoms with van der Waals surface area (Å²) in [6.07, 6.45) is 2.03. The van der Waals surface area contributed by atoms with Crippen molar-refractivity contribution in [2.75, 3.05) is 32.3 Å². The highest BCUT2D eigenvalue weighted by molar-refractivity contribution is 8.00. The second-order valence-electron chi connectivity index (χ2n) is 6.13. The Hall–Kier alpha value is -2.29. The van der Waals surface area contributed by atoms with Gasteiger partial charge in [-0.15, -0.1) is 11.8 Å². The third-order valence-electron chi connectivity index (χ3n) is 4.14. The quantitative estimate of drug-likeness (QED) is 0.387. The summed E-state index contributed by atoms with van der Waals surface area (Å²) in [6, 6.07) is 14.3. The van der Waals surface area contributed by atoms with Crippen LogP contribution in [-0.2, 0) is 9.53 Å². The van der Waals surface area contributed by atoms with Gasteiger partial charge in [0.15, 0.2) is 0 Å². The lowest BCUT2D eigenvalue weighted by molar-refractivity contribution is -0.118. The minimum absolute atomic E-state index is 0.0917. The second-order valence-corrected chi connectivity index (χ2v) is 7.98. The van der Waals surface area contributed by atoms with Gasteiger partial charge in [0.05, 0.1) is 18.1 Å². The van der Waals surface area contributed by atoms with Gasteiger partial charge in [-0.25, -0.2) is 9.37 Å². The van der Waals surface area contributed by atoms with Crippen LogP contribution in [0.15, 0.2) is 58.5 Å². The lowest BCUT2D eigenvalue weighted by atomic mass is 10.2. The molecule has 0 aliphatic heterocycles. The first-order valence-corrected chi connectivity index (χ1v) is 11.2. The number of thioether (sulfide) groups is 2. The lowest BCUT2D eigenvalue weighted by Crippen LogP contribution is -2.28. The zero-order valence-corrected chi connectivity index (χ0v) is 17.8. The molecule has 0 bridgehead atoms. The summed E-state index contributed by atoms with van der Waals surface area (Å²) in [4.78, 5) is 21.3. The molecule has 1 aromatic heterocycles. The van der Waals surface area contributed by atoms with Gasteiger partial charge >= 0.3 is 0 Å². The van der Waals surface area contributed by atoms with Crippen LogP contribution in [-0.4, -0.2) is 48.1 Å². The zero-order valence-electron chi connectivity index (χ0n) is 16.2. The highest BCUT2D eigenvalue weighted by Gasteiger charge is 2.16.